The zero-order valence-corrected chi connectivity index (χ0v) is 16.1. The van der Waals surface area contributed by atoms with Crippen molar-refractivity contribution in [3.8, 4) is 0 Å². The van der Waals surface area contributed by atoms with Gasteiger partial charge in [0, 0.05) is 63.3 Å². The van der Waals surface area contributed by atoms with E-state index < -0.39 is 0 Å². The maximum atomic E-state index is 12.3. The molecule has 1 aliphatic carbocycles. The fourth-order valence-corrected chi connectivity index (χ4v) is 4.86. The van der Waals surface area contributed by atoms with Crippen LogP contribution < -0.4 is 15.5 Å². The molecule has 1 aromatic heterocycles. The molecule has 1 saturated carbocycles. The standard InChI is InChI=1S/C21H27N5O2/c27-20-5-9-26(21(28)23-20)19-3-1-2-18-17(19)4-8-25(18)16-12-15(13-16)14-24-10-6-22-7-11-24/h1-4,8,15-16,22H,5-7,9-14H2,(H,23,27,28). The molecule has 3 aliphatic rings. The van der Waals surface area contributed by atoms with Crippen molar-refractivity contribution >= 4 is 28.5 Å². The fourth-order valence-electron chi connectivity index (χ4n) is 4.86. The van der Waals surface area contributed by atoms with Crippen molar-refractivity contribution in [2.45, 2.75) is 25.3 Å². The molecule has 7 nitrogen and oxygen atoms in total. The van der Waals surface area contributed by atoms with Crippen molar-refractivity contribution in [2.24, 2.45) is 5.92 Å². The summed E-state index contributed by atoms with van der Waals surface area (Å²) in [5, 5.41) is 6.92. The van der Waals surface area contributed by atoms with E-state index in [0.717, 1.165) is 43.2 Å². The number of aromatic nitrogens is 1. The molecule has 3 amide bonds. The molecular formula is C21H27N5O2. The monoisotopic (exact) mass is 381 g/mol. The molecular weight excluding hydrogens is 354 g/mol. The van der Waals surface area contributed by atoms with Gasteiger partial charge in [0.2, 0.25) is 5.91 Å². The van der Waals surface area contributed by atoms with Crippen LogP contribution in [0.3, 0.4) is 0 Å². The first-order valence-electron chi connectivity index (χ1n) is 10.3. The molecule has 148 valence electrons. The number of carbonyl (C=O) groups is 2. The van der Waals surface area contributed by atoms with E-state index in [1.54, 1.807) is 4.90 Å². The van der Waals surface area contributed by atoms with Gasteiger partial charge in [0.25, 0.3) is 0 Å². The van der Waals surface area contributed by atoms with Crippen LogP contribution in [0.5, 0.6) is 0 Å². The third-order valence-corrected chi connectivity index (χ3v) is 6.42. The first kappa shape index (κ1) is 17.7. The van der Waals surface area contributed by atoms with Crippen LogP contribution in [0.25, 0.3) is 10.9 Å². The summed E-state index contributed by atoms with van der Waals surface area (Å²) in [4.78, 5) is 28.0. The van der Waals surface area contributed by atoms with Gasteiger partial charge in [-0.1, -0.05) is 6.07 Å². The Kier molecular flexibility index (Phi) is 4.56. The molecule has 0 radical (unpaired) electrons. The fraction of sp³-hybridized carbons (Fsp3) is 0.524. The van der Waals surface area contributed by atoms with E-state index in [-0.39, 0.29) is 11.9 Å². The van der Waals surface area contributed by atoms with Crippen molar-refractivity contribution in [3.63, 3.8) is 0 Å². The highest BCUT2D eigenvalue weighted by Crippen LogP contribution is 2.41. The van der Waals surface area contributed by atoms with Crippen molar-refractivity contribution in [2.75, 3.05) is 44.2 Å². The zero-order chi connectivity index (χ0) is 19.1. The number of nitrogens with zero attached hydrogens (tertiary/aromatic N) is 3. The maximum Gasteiger partial charge on any atom is 0.328 e. The highest BCUT2D eigenvalue weighted by atomic mass is 16.2. The third-order valence-electron chi connectivity index (χ3n) is 6.42. The maximum absolute atomic E-state index is 12.3. The number of amides is 3. The lowest BCUT2D eigenvalue weighted by Crippen LogP contribution is -2.49. The predicted octanol–water partition coefficient (Wildman–Crippen LogP) is 1.94. The summed E-state index contributed by atoms with van der Waals surface area (Å²) in [5.41, 5.74) is 2.06. The molecule has 0 atom stereocenters. The van der Waals surface area contributed by atoms with Crippen LogP contribution in [-0.2, 0) is 4.79 Å². The van der Waals surface area contributed by atoms with Gasteiger partial charge in [0.05, 0.1) is 11.2 Å². The van der Waals surface area contributed by atoms with E-state index in [2.05, 4.69) is 38.4 Å². The predicted molar refractivity (Wildman–Crippen MR) is 109 cm³/mol. The smallest absolute Gasteiger partial charge is 0.328 e. The van der Waals surface area contributed by atoms with Gasteiger partial charge in [0.1, 0.15) is 0 Å². The third kappa shape index (κ3) is 3.18. The SMILES string of the molecule is O=C1CCN(c2cccc3c2ccn3C2CC(CN3CCNCC3)C2)C(=O)N1. The molecule has 7 heteroatoms. The lowest BCUT2D eigenvalue weighted by Gasteiger charge is -2.40. The van der Waals surface area contributed by atoms with Crippen molar-refractivity contribution < 1.29 is 9.59 Å². The lowest BCUT2D eigenvalue weighted by molar-refractivity contribution is -0.120. The molecule has 5 rings (SSSR count). The van der Waals surface area contributed by atoms with Crippen LogP contribution in [0.15, 0.2) is 30.5 Å². The normalized spacial score (nSPS) is 26.4. The molecule has 28 heavy (non-hydrogen) atoms. The quantitative estimate of drug-likeness (QED) is 0.849. The Morgan fingerprint density at radius 1 is 1.04 bits per heavy atom. The molecule has 0 unspecified atom stereocenters. The number of rotatable bonds is 4. The molecule has 0 spiro atoms. The van der Waals surface area contributed by atoms with E-state index >= 15 is 0 Å². The number of urea groups is 1. The van der Waals surface area contributed by atoms with Crippen LogP contribution in [-0.4, -0.2) is 60.7 Å². The first-order chi connectivity index (χ1) is 13.7. The summed E-state index contributed by atoms with van der Waals surface area (Å²) in [5.74, 6) is 0.582. The molecule has 3 fully saturated rings. The van der Waals surface area contributed by atoms with E-state index in [4.69, 9.17) is 0 Å². The van der Waals surface area contributed by atoms with E-state index in [0.29, 0.717) is 19.0 Å². The van der Waals surface area contributed by atoms with Crippen LogP contribution in [0.1, 0.15) is 25.3 Å². The first-order valence-corrected chi connectivity index (χ1v) is 10.3. The average Bonchev–Trinajstić information content (AvgIpc) is 3.09. The molecule has 2 aromatic rings. The minimum absolute atomic E-state index is 0.198. The van der Waals surface area contributed by atoms with Crippen LogP contribution in [0, 0.1) is 5.92 Å². The number of benzene rings is 1. The van der Waals surface area contributed by atoms with Gasteiger partial charge >= 0.3 is 6.03 Å². The van der Waals surface area contributed by atoms with Gasteiger partial charge in [-0.3, -0.25) is 15.0 Å². The Hall–Kier alpha value is -2.38. The highest BCUT2D eigenvalue weighted by Gasteiger charge is 2.33. The Morgan fingerprint density at radius 3 is 2.64 bits per heavy atom. The van der Waals surface area contributed by atoms with E-state index in [1.165, 1.54) is 24.9 Å². The van der Waals surface area contributed by atoms with Gasteiger partial charge in [-0.25, -0.2) is 4.79 Å². The summed E-state index contributed by atoms with van der Waals surface area (Å²) >= 11 is 0. The molecule has 1 aromatic carbocycles. The summed E-state index contributed by atoms with van der Waals surface area (Å²) in [6.45, 7) is 6.19. The largest absolute Gasteiger partial charge is 0.344 e. The summed E-state index contributed by atoms with van der Waals surface area (Å²) in [6.07, 6.45) is 4.94. The van der Waals surface area contributed by atoms with Crippen molar-refractivity contribution in [3.05, 3.63) is 30.5 Å². The minimum atomic E-state index is -0.323. The number of hydrogen-bond acceptors (Lipinski definition) is 4. The number of carbonyl (C=O) groups excluding carboxylic acids is 2. The van der Waals surface area contributed by atoms with Crippen LogP contribution in [0.2, 0.25) is 0 Å². The molecule has 0 bridgehead atoms. The molecule has 2 N–H and O–H groups in total. The Morgan fingerprint density at radius 2 is 1.86 bits per heavy atom. The van der Waals surface area contributed by atoms with Gasteiger partial charge in [-0.15, -0.1) is 0 Å². The Balaban J connectivity index is 1.31. The Labute approximate surface area is 164 Å². The topological polar surface area (TPSA) is 69.6 Å². The second-order valence-electron chi connectivity index (χ2n) is 8.23. The summed E-state index contributed by atoms with van der Waals surface area (Å²) in [6, 6.07) is 8.44. The Bertz CT molecular complexity index is 895. The van der Waals surface area contributed by atoms with Gasteiger partial charge in [-0.05, 0) is 37.0 Å². The van der Waals surface area contributed by atoms with Crippen LogP contribution in [0.4, 0.5) is 10.5 Å². The number of hydrogen-bond donors (Lipinski definition) is 2. The number of nitrogens with one attached hydrogen (secondary N) is 2. The second-order valence-corrected chi connectivity index (χ2v) is 8.23. The molecule has 2 aliphatic heterocycles. The highest BCUT2D eigenvalue weighted by molar-refractivity contribution is 6.09. The van der Waals surface area contributed by atoms with Gasteiger partial charge in [-0.2, -0.15) is 0 Å². The van der Waals surface area contributed by atoms with Crippen molar-refractivity contribution in [1.29, 1.82) is 0 Å². The number of anilines is 1. The molecule has 3 heterocycles. The summed E-state index contributed by atoms with van der Waals surface area (Å²) < 4.78 is 2.38. The van der Waals surface area contributed by atoms with E-state index in [9.17, 15) is 9.59 Å². The lowest BCUT2D eigenvalue weighted by atomic mass is 9.79. The van der Waals surface area contributed by atoms with Gasteiger partial charge < -0.3 is 14.8 Å². The summed E-state index contributed by atoms with van der Waals surface area (Å²) in [7, 11) is 0. The zero-order valence-electron chi connectivity index (χ0n) is 16.1. The molecule has 2 saturated heterocycles. The van der Waals surface area contributed by atoms with Gasteiger partial charge in [0.15, 0.2) is 0 Å². The second kappa shape index (κ2) is 7.22. The minimum Gasteiger partial charge on any atom is -0.344 e. The van der Waals surface area contributed by atoms with Crippen LogP contribution >= 0.6 is 0 Å². The average molecular weight is 381 g/mol. The van der Waals surface area contributed by atoms with Crippen molar-refractivity contribution in [1.82, 2.24) is 20.1 Å². The van der Waals surface area contributed by atoms with E-state index in [1.807, 2.05) is 12.1 Å². The number of fused-ring (bicyclic) bond motifs is 1. The number of piperazine rings is 1. The number of imide groups is 1.